The SMILES string of the molecule is C=Cc1cc2ccccc2nc1O. The Hall–Kier alpha value is -1.83. The van der Waals surface area contributed by atoms with Gasteiger partial charge in [0.1, 0.15) is 0 Å². The molecular formula is C11H9NO. The number of benzene rings is 1. The fourth-order valence-corrected chi connectivity index (χ4v) is 1.27. The molecule has 0 saturated heterocycles. The third-order valence-electron chi connectivity index (χ3n) is 1.95. The van der Waals surface area contributed by atoms with Gasteiger partial charge in [-0.2, -0.15) is 0 Å². The topological polar surface area (TPSA) is 33.1 Å². The van der Waals surface area contributed by atoms with Gasteiger partial charge < -0.3 is 5.11 Å². The van der Waals surface area contributed by atoms with Crippen LogP contribution in [0.25, 0.3) is 17.0 Å². The van der Waals surface area contributed by atoms with Gasteiger partial charge in [-0.1, -0.05) is 30.9 Å². The smallest absolute Gasteiger partial charge is 0.218 e. The maximum Gasteiger partial charge on any atom is 0.218 e. The van der Waals surface area contributed by atoms with Crippen molar-refractivity contribution >= 4 is 17.0 Å². The van der Waals surface area contributed by atoms with Crippen molar-refractivity contribution in [3.63, 3.8) is 0 Å². The molecule has 13 heavy (non-hydrogen) atoms. The quantitative estimate of drug-likeness (QED) is 0.715. The highest BCUT2D eigenvalue weighted by Crippen LogP contribution is 2.21. The maximum absolute atomic E-state index is 9.43. The van der Waals surface area contributed by atoms with E-state index in [9.17, 15) is 5.11 Å². The molecule has 0 aliphatic rings. The van der Waals surface area contributed by atoms with E-state index in [4.69, 9.17) is 0 Å². The Balaban J connectivity index is 2.81. The number of rotatable bonds is 1. The van der Waals surface area contributed by atoms with Crippen LogP contribution in [0.2, 0.25) is 0 Å². The van der Waals surface area contributed by atoms with Gasteiger partial charge in [0.05, 0.1) is 5.52 Å². The lowest BCUT2D eigenvalue weighted by Crippen LogP contribution is -1.82. The molecule has 0 aliphatic carbocycles. The zero-order valence-corrected chi connectivity index (χ0v) is 7.07. The Labute approximate surface area is 76.2 Å². The molecule has 1 aromatic carbocycles. The Kier molecular flexibility index (Phi) is 1.74. The molecule has 0 spiro atoms. The van der Waals surface area contributed by atoms with Crippen LogP contribution in [0.15, 0.2) is 36.9 Å². The number of hydrogen-bond acceptors (Lipinski definition) is 2. The minimum absolute atomic E-state index is 0.0358. The lowest BCUT2D eigenvalue weighted by molar-refractivity contribution is 0.454. The van der Waals surface area contributed by atoms with Crippen LogP contribution < -0.4 is 0 Å². The molecule has 1 N–H and O–H groups in total. The Morgan fingerprint density at radius 2 is 2.08 bits per heavy atom. The van der Waals surface area contributed by atoms with Crippen molar-refractivity contribution in [2.75, 3.05) is 0 Å². The summed E-state index contributed by atoms with van der Waals surface area (Å²) >= 11 is 0. The molecule has 0 saturated carbocycles. The van der Waals surface area contributed by atoms with Gasteiger partial charge >= 0.3 is 0 Å². The third-order valence-corrected chi connectivity index (χ3v) is 1.95. The van der Waals surface area contributed by atoms with Crippen molar-refractivity contribution in [3.05, 3.63) is 42.5 Å². The highest BCUT2D eigenvalue weighted by molar-refractivity contribution is 5.82. The fraction of sp³-hybridized carbons (Fsp3) is 0. The summed E-state index contributed by atoms with van der Waals surface area (Å²) in [6, 6.07) is 9.51. The first-order chi connectivity index (χ1) is 6.31. The number of aromatic nitrogens is 1. The second-order valence-electron chi connectivity index (χ2n) is 2.80. The molecule has 0 unspecified atom stereocenters. The third kappa shape index (κ3) is 1.26. The summed E-state index contributed by atoms with van der Waals surface area (Å²) in [4.78, 5) is 4.03. The minimum Gasteiger partial charge on any atom is -0.493 e. The lowest BCUT2D eigenvalue weighted by atomic mass is 10.1. The van der Waals surface area contributed by atoms with Crippen LogP contribution in [0, 0.1) is 0 Å². The molecule has 0 fully saturated rings. The van der Waals surface area contributed by atoms with Gasteiger partial charge in [-0.25, -0.2) is 4.98 Å². The van der Waals surface area contributed by atoms with E-state index in [-0.39, 0.29) is 5.88 Å². The highest BCUT2D eigenvalue weighted by atomic mass is 16.3. The summed E-state index contributed by atoms with van der Waals surface area (Å²) in [5, 5.41) is 10.4. The van der Waals surface area contributed by atoms with E-state index in [0.29, 0.717) is 5.56 Å². The molecule has 2 heteroatoms. The molecule has 0 radical (unpaired) electrons. The van der Waals surface area contributed by atoms with Gasteiger partial charge in [-0.3, -0.25) is 0 Å². The van der Waals surface area contributed by atoms with Crippen LogP contribution in [0.5, 0.6) is 5.88 Å². The molecule has 0 bridgehead atoms. The van der Waals surface area contributed by atoms with Crippen molar-refractivity contribution in [2.24, 2.45) is 0 Å². The van der Waals surface area contributed by atoms with Gasteiger partial charge in [-0.15, -0.1) is 0 Å². The molecule has 2 aromatic rings. The molecule has 2 rings (SSSR count). The van der Waals surface area contributed by atoms with Crippen LogP contribution in [-0.4, -0.2) is 10.1 Å². The first-order valence-corrected chi connectivity index (χ1v) is 4.02. The van der Waals surface area contributed by atoms with Crippen LogP contribution in [0.1, 0.15) is 5.56 Å². The lowest BCUT2D eigenvalue weighted by Gasteiger charge is -2.00. The number of pyridine rings is 1. The van der Waals surface area contributed by atoms with Gasteiger partial charge in [0.15, 0.2) is 0 Å². The highest BCUT2D eigenvalue weighted by Gasteiger charge is 2.00. The van der Waals surface area contributed by atoms with Gasteiger partial charge in [0.25, 0.3) is 0 Å². The van der Waals surface area contributed by atoms with E-state index in [0.717, 1.165) is 10.9 Å². The van der Waals surface area contributed by atoms with Crippen molar-refractivity contribution in [1.29, 1.82) is 0 Å². The van der Waals surface area contributed by atoms with E-state index >= 15 is 0 Å². The number of hydrogen-bond donors (Lipinski definition) is 1. The number of aromatic hydroxyl groups is 1. The first kappa shape index (κ1) is 7.80. The summed E-state index contributed by atoms with van der Waals surface area (Å²) in [6.45, 7) is 3.60. The monoisotopic (exact) mass is 171 g/mol. The number of nitrogens with zero attached hydrogens (tertiary/aromatic N) is 1. The molecule has 1 heterocycles. The molecule has 1 aromatic heterocycles. The van der Waals surface area contributed by atoms with Gasteiger partial charge in [0, 0.05) is 10.9 Å². The fourth-order valence-electron chi connectivity index (χ4n) is 1.27. The second kappa shape index (κ2) is 2.90. The molecule has 64 valence electrons. The van der Waals surface area contributed by atoms with Gasteiger partial charge in [0.2, 0.25) is 5.88 Å². The predicted octanol–water partition coefficient (Wildman–Crippen LogP) is 2.58. The molecule has 0 aliphatic heterocycles. The first-order valence-electron chi connectivity index (χ1n) is 4.02. The number of fused-ring (bicyclic) bond motifs is 1. The Morgan fingerprint density at radius 1 is 1.31 bits per heavy atom. The van der Waals surface area contributed by atoms with Crippen molar-refractivity contribution in [3.8, 4) is 5.88 Å². The predicted molar refractivity (Wildman–Crippen MR) is 53.5 cm³/mol. The average molecular weight is 171 g/mol. The van der Waals surface area contributed by atoms with Crippen molar-refractivity contribution in [1.82, 2.24) is 4.98 Å². The summed E-state index contributed by atoms with van der Waals surface area (Å²) in [5.41, 5.74) is 1.46. The zero-order chi connectivity index (χ0) is 9.26. The summed E-state index contributed by atoms with van der Waals surface area (Å²) in [5.74, 6) is 0.0358. The Morgan fingerprint density at radius 3 is 2.85 bits per heavy atom. The van der Waals surface area contributed by atoms with E-state index in [2.05, 4.69) is 11.6 Å². The van der Waals surface area contributed by atoms with Crippen molar-refractivity contribution in [2.45, 2.75) is 0 Å². The Bertz CT molecular complexity index is 463. The maximum atomic E-state index is 9.43. The molecule has 0 atom stereocenters. The van der Waals surface area contributed by atoms with E-state index in [1.54, 1.807) is 6.08 Å². The number of para-hydroxylation sites is 1. The van der Waals surface area contributed by atoms with E-state index in [1.165, 1.54) is 0 Å². The van der Waals surface area contributed by atoms with E-state index < -0.39 is 0 Å². The van der Waals surface area contributed by atoms with Crippen LogP contribution in [0.3, 0.4) is 0 Å². The largest absolute Gasteiger partial charge is 0.493 e. The van der Waals surface area contributed by atoms with Crippen LogP contribution in [0.4, 0.5) is 0 Å². The standard InChI is InChI=1S/C11H9NO/c1-2-8-7-9-5-3-4-6-10(9)12-11(8)13/h2-7H,1H2,(H,12,13). The normalized spacial score (nSPS) is 10.2. The second-order valence-corrected chi connectivity index (χ2v) is 2.80. The summed E-state index contributed by atoms with van der Waals surface area (Å²) in [6.07, 6.45) is 1.59. The summed E-state index contributed by atoms with van der Waals surface area (Å²) < 4.78 is 0. The summed E-state index contributed by atoms with van der Waals surface area (Å²) in [7, 11) is 0. The van der Waals surface area contributed by atoms with Crippen LogP contribution >= 0.6 is 0 Å². The zero-order valence-electron chi connectivity index (χ0n) is 7.07. The minimum atomic E-state index is 0.0358. The molecular weight excluding hydrogens is 162 g/mol. The van der Waals surface area contributed by atoms with E-state index in [1.807, 2.05) is 30.3 Å². The van der Waals surface area contributed by atoms with Gasteiger partial charge in [-0.05, 0) is 12.1 Å². The van der Waals surface area contributed by atoms with Crippen LogP contribution in [-0.2, 0) is 0 Å². The van der Waals surface area contributed by atoms with Crippen molar-refractivity contribution < 1.29 is 5.11 Å². The average Bonchev–Trinajstić information content (AvgIpc) is 2.17. The molecule has 2 nitrogen and oxygen atoms in total. The molecule has 0 amide bonds.